The molecule has 0 radical (unpaired) electrons. The van der Waals surface area contributed by atoms with Crippen molar-refractivity contribution in [3.63, 3.8) is 0 Å². The molecule has 1 saturated carbocycles. The van der Waals surface area contributed by atoms with Crippen LogP contribution in [0.5, 0.6) is 0 Å². The van der Waals surface area contributed by atoms with E-state index in [-0.39, 0.29) is 23.6 Å². The molecule has 2 aliphatic heterocycles. The van der Waals surface area contributed by atoms with Crippen LogP contribution in [0.2, 0.25) is 0 Å². The van der Waals surface area contributed by atoms with Gasteiger partial charge >= 0.3 is 0 Å². The van der Waals surface area contributed by atoms with Crippen molar-refractivity contribution in [1.29, 1.82) is 0 Å². The zero-order valence-corrected chi connectivity index (χ0v) is 18.0. The summed E-state index contributed by atoms with van der Waals surface area (Å²) in [5, 5.41) is 0. The van der Waals surface area contributed by atoms with Gasteiger partial charge in [-0.15, -0.1) is 0 Å². The van der Waals surface area contributed by atoms with Crippen molar-refractivity contribution in [2.24, 2.45) is 11.3 Å². The Morgan fingerprint density at radius 2 is 2.07 bits per heavy atom. The molecule has 1 aromatic rings. The van der Waals surface area contributed by atoms with Crippen LogP contribution >= 0.6 is 0 Å². The van der Waals surface area contributed by atoms with Gasteiger partial charge in [-0.1, -0.05) is 6.92 Å². The van der Waals surface area contributed by atoms with E-state index in [1.807, 2.05) is 22.6 Å². The van der Waals surface area contributed by atoms with E-state index >= 15 is 0 Å². The van der Waals surface area contributed by atoms with Gasteiger partial charge in [-0.05, 0) is 45.4 Å². The quantitative estimate of drug-likeness (QED) is 0.693. The molecule has 1 amide bonds. The number of rotatable bonds is 7. The molecular formula is C20H32N4O3S. The Labute approximate surface area is 168 Å². The predicted octanol–water partition coefficient (Wildman–Crippen LogP) is 2.23. The Morgan fingerprint density at radius 1 is 1.32 bits per heavy atom. The maximum atomic E-state index is 13.5. The number of carbonyl (C=O) groups is 1. The van der Waals surface area contributed by atoms with Gasteiger partial charge < -0.3 is 9.47 Å². The summed E-state index contributed by atoms with van der Waals surface area (Å²) in [4.78, 5) is 20.1. The van der Waals surface area contributed by atoms with Crippen LogP contribution in [0, 0.1) is 11.3 Å². The molecule has 0 bridgehead atoms. The molecule has 2 atom stereocenters. The summed E-state index contributed by atoms with van der Waals surface area (Å²) in [6, 6.07) is 0.282. The largest absolute Gasteiger partial charge is 0.342 e. The second-order valence-corrected chi connectivity index (χ2v) is 11.2. The van der Waals surface area contributed by atoms with E-state index in [2.05, 4.69) is 18.8 Å². The molecule has 1 aliphatic carbocycles. The molecule has 7 nitrogen and oxygen atoms in total. The lowest BCUT2D eigenvalue weighted by Crippen LogP contribution is -2.41. The van der Waals surface area contributed by atoms with Gasteiger partial charge in [-0.2, -0.15) is 0 Å². The highest BCUT2D eigenvalue weighted by atomic mass is 32.2. The Kier molecular flexibility index (Phi) is 5.06. The van der Waals surface area contributed by atoms with E-state index in [4.69, 9.17) is 0 Å². The number of nitrogens with zero attached hydrogens (tertiary/aromatic N) is 4. The zero-order valence-electron chi connectivity index (χ0n) is 17.2. The fourth-order valence-corrected chi connectivity index (χ4v) is 6.35. The van der Waals surface area contributed by atoms with Crippen LogP contribution < -0.4 is 0 Å². The Balaban J connectivity index is 1.67. The normalized spacial score (nSPS) is 28.9. The van der Waals surface area contributed by atoms with E-state index in [0.29, 0.717) is 25.4 Å². The summed E-state index contributed by atoms with van der Waals surface area (Å²) in [6.07, 6.45) is 7.52. The smallest absolute Gasteiger partial charge is 0.230 e. The summed E-state index contributed by atoms with van der Waals surface area (Å²) in [5.74, 6) is 0.739. The van der Waals surface area contributed by atoms with Gasteiger partial charge in [0, 0.05) is 44.3 Å². The number of sulfonamides is 1. The monoisotopic (exact) mass is 408 g/mol. The van der Waals surface area contributed by atoms with Crippen LogP contribution in [0.4, 0.5) is 0 Å². The topological polar surface area (TPSA) is 75.5 Å². The van der Waals surface area contributed by atoms with Crippen LogP contribution in [-0.4, -0.2) is 65.0 Å². The molecule has 1 spiro atoms. The third-order valence-electron chi connectivity index (χ3n) is 6.66. The van der Waals surface area contributed by atoms with Gasteiger partial charge in [-0.3, -0.25) is 4.79 Å². The van der Waals surface area contributed by atoms with E-state index in [1.54, 1.807) is 10.6 Å². The number of likely N-dealkylation sites (tertiary alicyclic amines) is 1. The molecule has 8 heteroatoms. The number of imidazole rings is 1. The van der Waals surface area contributed by atoms with E-state index in [1.165, 1.54) is 12.8 Å². The van der Waals surface area contributed by atoms with Crippen LogP contribution in [-0.2, 0) is 14.8 Å². The minimum absolute atomic E-state index is 0.135. The number of hydrogen-bond donors (Lipinski definition) is 0. The van der Waals surface area contributed by atoms with Crippen LogP contribution in [0.15, 0.2) is 12.5 Å². The minimum atomic E-state index is -3.35. The Bertz CT molecular complexity index is 845. The van der Waals surface area contributed by atoms with Crippen molar-refractivity contribution in [2.45, 2.75) is 58.4 Å². The fraction of sp³-hybridized carbons (Fsp3) is 0.800. The van der Waals surface area contributed by atoms with Crippen LogP contribution in [0.3, 0.4) is 0 Å². The molecular weight excluding hydrogens is 376 g/mol. The lowest BCUT2D eigenvalue weighted by Gasteiger charge is -2.28. The summed E-state index contributed by atoms with van der Waals surface area (Å²) in [6.45, 7) is 8.28. The van der Waals surface area contributed by atoms with Crippen molar-refractivity contribution in [3.05, 3.63) is 18.2 Å². The van der Waals surface area contributed by atoms with Gasteiger partial charge in [0.25, 0.3) is 0 Å². The lowest BCUT2D eigenvalue weighted by molar-refractivity contribution is -0.136. The molecule has 0 N–H and O–H groups in total. The molecule has 28 heavy (non-hydrogen) atoms. The average Bonchev–Trinajstić information content (AvgIpc) is 3.05. The van der Waals surface area contributed by atoms with Gasteiger partial charge in [-0.25, -0.2) is 17.7 Å². The summed E-state index contributed by atoms with van der Waals surface area (Å²) in [5.41, 5.74) is 0.191. The molecule has 3 aliphatic rings. The predicted molar refractivity (Wildman–Crippen MR) is 107 cm³/mol. The third-order valence-corrected chi connectivity index (χ3v) is 8.65. The van der Waals surface area contributed by atoms with E-state index in [0.717, 1.165) is 25.2 Å². The number of hydrogen-bond acceptors (Lipinski definition) is 4. The third kappa shape index (κ3) is 3.38. The van der Waals surface area contributed by atoms with E-state index in [9.17, 15) is 13.2 Å². The van der Waals surface area contributed by atoms with Gasteiger partial charge in [0.15, 0.2) is 0 Å². The first-order chi connectivity index (χ1) is 13.3. The summed E-state index contributed by atoms with van der Waals surface area (Å²) < 4.78 is 29.2. The second kappa shape index (κ2) is 7.13. The molecule has 2 saturated heterocycles. The molecule has 0 aromatic carbocycles. The molecule has 1 aromatic heterocycles. The summed E-state index contributed by atoms with van der Waals surface area (Å²) in [7, 11) is -3.35. The number of amides is 1. The van der Waals surface area contributed by atoms with Gasteiger partial charge in [0.2, 0.25) is 15.9 Å². The SMILES string of the molecule is CCCS(=O)(=O)N1C[C@H](c2cn(C(C)C)cn2)[C@@]2(CCN(CC3CC3)C2=O)C1. The Hall–Kier alpha value is -1.41. The van der Waals surface area contributed by atoms with E-state index < -0.39 is 15.4 Å². The molecule has 4 rings (SSSR count). The number of carbonyl (C=O) groups excluding carboxylic acids is 1. The van der Waals surface area contributed by atoms with Crippen LogP contribution in [0.1, 0.15) is 64.1 Å². The van der Waals surface area contributed by atoms with Crippen LogP contribution in [0.25, 0.3) is 0 Å². The zero-order chi connectivity index (χ0) is 20.1. The maximum absolute atomic E-state index is 13.5. The highest BCUT2D eigenvalue weighted by molar-refractivity contribution is 7.89. The second-order valence-electron chi connectivity index (χ2n) is 9.10. The first kappa shape index (κ1) is 19.9. The molecule has 3 heterocycles. The first-order valence-electron chi connectivity index (χ1n) is 10.6. The average molecular weight is 409 g/mol. The minimum Gasteiger partial charge on any atom is -0.342 e. The maximum Gasteiger partial charge on any atom is 0.230 e. The van der Waals surface area contributed by atoms with Crippen molar-refractivity contribution in [3.8, 4) is 0 Å². The van der Waals surface area contributed by atoms with Gasteiger partial charge in [0.1, 0.15) is 0 Å². The van der Waals surface area contributed by atoms with Crippen molar-refractivity contribution >= 4 is 15.9 Å². The lowest BCUT2D eigenvalue weighted by atomic mass is 9.75. The van der Waals surface area contributed by atoms with Crippen molar-refractivity contribution in [1.82, 2.24) is 18.8 Å². The highest BCUT2D eigenvalue weighted by Gasteiger charge is 2.59. The Morgan fingerprint density at radius 3 is 2.68 bits per heavy atom. The molecule has 156 valence electrons. The standard InChI is InChI=1S/C20H32N4O3S/c1-4-9-28(26,27)24-11-17(18-12-23(14-21-18)15(2)3)20(13-24)7-8-22(19(20)25)10-16-5-6-16/h12,14-17H,4-11,13H2,1-3H3/t17-,20-/m1/s1. The van der Waals surface area contributed by atoms with Crippen molar-refractivity contribution < 1.29 is 13.2 Å². The molecule has 0 unspecified atom stereocenters. The number of aromatic nitrogens is 2. The summed E-state index contributed by atoms with van der Waals surface area (Å²) >= 11 is 0. The molecule has 3 fully saturated rings. The van der Waals surface area contributed by atoms with Crippen molar-refractivity contribution in [2.75, 3.05) is 31.9 Å². The fourth-order valence-electron chi connectivity index (χ4n) is 4.77. The first-order valence-corrected chi connectivity index (χ1v) is 12.2. The van der Waals surface area contributed by atoms with Gasteiger partial charge in [0.05, 0.1) is 23.2 Å². The highest BCUT2D eigenvalue weighted by Crippen LogP contribution is 2.51.